The van der Waals surface area contributed by atoms with Gasteiger partial charge in [0.25, 0.3) is 5.91 Å². The van der Waals surface area contributed by atoms with Gasteiger partial charge in [0.1, 0.15) is 0 Å². The zero-order chi connectivity index (χ0) is 15.7. The summed E-state index contributed by atoms with van der Waals surface area (Å²) in [5, 5.41) is 20.9. The first-order chi connectivity index (χ1) is 10.6. The van der Waals surface area contributed by atoms with Crippen molar-refractivity contribution < 1.29 is 19.6 Å². The zero-order valence-corrected chi connectivity index (χ0v) is 12.1. The average molecular weight is 306 g/mol. The number of ether oxygens (including phenoxy) is 1. The number of nitro benzene ring substituents is 1. The number of benzene rings is 1. The summed E-state index contributed by atoms with van der Waals surface area (Å²) in [5.74, 6) is -0.591. The van der Waals surface area contributed by atoms with E-state index in [0.29, 0.717) is 25.7 Å². The van der Waals surface area contributed by atoms with Crippen LogP contribution in [0.3, 0.4) is 0 Å². The fraction of sp³-hybridized carbons (Fsp3) is 0.533. The lowest BCUT2D eigenvalue weighted by Crippen LogP contribution is -2.37. The Balaban J connectivity index is 1.84. The van der Waals surface area contributed by atoms with Crippen LogP contribution in [-0.2, 0) is 4.74 Å². The summed E-state index contributed by atoms with van der Waals surface area (Å²) in [4.78, 5) is 24.7. The summed E-state index contributed by atoms with van der Waals surface area (Å²) in [5.41, 5.74) is -0.439. The molecule has 1 saturated carbocycles. The fourth-order valence-corrected chi connectivity index (χ4v) is 2.80. The van der Waals surface area contributed by atoms with Gasteiger partial charge in [0.2, 0.25) is 5.75 Å². The Kier molecular flexibility index (Phi) is 3.98. The second-order valence-corrected chi connectivity index (χ2v) is 5.85. The van der Waals surface area contributed by atoms with Crippen LogP contribution in [0, 0.1) is 16.0 Å². The first kappa shape index (κ1) is 14.8. The third-order valence-electron chi connectivity index (χ3n) is 4.17. The van der Waals surface area contributed by atoms with Gasteiger partial charge in [-0.3, -0.25) is 14.9 Å². The molecule has 118 valence electrons. The van der Waals surface area contributed by atoms with Gasteiger partial charge in [0.05, 0.1) is 17.1 Å². The van der Waals surface area contributed by atoms with E-state index in [-0.39, 0.29) is 17.5 Å². The van der Waals surface area contributed by atoms with E-state index in [9.17, 15) is 20.0 Å². The third-order valence-corrected chi connectivity index (χ3v) is 4.17. The van der Waals surface area contributed by atoms with Crippen LogP contribution in [0.15, 0.2) is 18.2 Å². The quantitative estimate of drug-likeness (QED) is 0.663. The largest absolute Gasteiger partial charge is 0.502 e. The maximum absolute atomic E-state index is 12.7. The molecule has 1 aromatic carbocycles. The van der Waals surface area contributed by atoms with Crippen molar-refractivity contribution in [1.29, 1.82) is 0 Å². The molecule has 1 aliphatic heterocycles. The maximum atomic E-state index is 12.7. The van der Waals surface area contributed by atoms with Crippen molar-refractivity contribution in [2.24, 2.45) is 5.92 Å². The molecule has 1 aromatic rings. The number of amides is 1. The van der Waals surface area contributed by atoms with Gasteiger partial charge in [-0.25, -0.2) is 0 Å². The molecule has 1 aliphatic carbocycles. The van der Waals surface area contributed by atoms with Gasteiger partial charge in [-0.1, -0.05) is 6.07 Å². The highest BCUT2D eigenvalue weighted by Crippen LogP contribution is 2.34. The maximum Gasteiger partial charge on any atom is 0.311 e. The number of hydrogen-bond donors (Lipinski definition) is 1. The molecule has 0 spiro atoms. The summed E-state index contributed by atoms with van der Waals surface area (Å²) in [7, 11) is 0. The van der Waals surface area contributed by atoms with Gasteiger partial charge in [-0.2, -0.15) is 0 Å². The molecule has 2 aliphatic rings. The predicted octanol–water partition coefficient (Wildman–Crippen LogP) is 1.94. The van der Waals surface area contributed by atoms with Crippen molar-refractivity contribution in [3.63, 3.8) is 0 Å². The van der Waals surface area contributed by atoms with Gasteiger partial charge in [0, 0.05) is 31.2 Å². The average Bonchev–Trinajstić information content (AvgIpc) is 3.20. The Morgan fingerprint density at radius 1 is 1.41 bits per heavy atom. The molecule has 7 heteroatoms. The molecule has 0 radical (unpaired) electrons. The minimum absolute atomic E-state index is 0.0000142. The minimum atomic E-state index is -0.682. The second-order valence-electron chi connectivity index (χ2n) is 5.85. The lowest BCUT2D eigenvalue weighted by atomic mass is 10.1. The zero-order valence-electron chi connectivity index (χ0n) is 12.1. The van der Waals surface area contributed by atoms with Crippen LogP contribution in [0.2, 0.25) is 0 Å². The highest BCUT2D eigenvalue weighted by molar-refractivity contribution is 5.98. The Bertz CT molecular complexity index is 594. The molecular weight excluding hydrogens is 288 g/mol. The smallest absolute Gasteiger partial charge is 0.311 e. The van der Waals surface area contributed by atoms with E-state index in [1.165, 1.54) is 18.2 Å². The molecular formula is C15H18N2O5. The first-order valence-corrected chi connectivity index (χ1v) is 7.43. The molecule has 0 bridgehead atoms. The number of nitrogens with zero attached hydrogens (tertiary/aromatic N) is 2. The molecule has 3 rings (SSSR count). The van der Waals surface area contributed by atoms with E-state index in [4.69, 9.17) is 4.74 Å². The standard InChI is InChI=1S/C15H18N2O5/c18-14-12(2-1-3-13(14)17(20)21)15(19)16(11-4-5-11)8-10-6-7-22-9-10/h1-3,10-11,18H,4-9H2/t10-/m1/s1. The van der Waals surface area contributed by atoms with Gasteiger partial charge in [-0.05, 0) is 25.3 Å². The molecule has 0 unspecified atom stereocenters. The van der Waals surface area contributed by atoms with Crippen molar-refractivity contribution in [2.45, 2.75) is 25.3 Å². The molecule has 1 N–H and O–H groups in total. The van der Waals surface area contributed by atoms with Crippen molar-refractivity contribution in [2.75, 3.05) is 19.8 Å². The Hall–Kier alpha value is -2.15. The second kappa shape index (κ2) is 5.92. The number of phenols is 1. The van der Waals surface area contributed by atoms with E-state index in [0.717, 1.165) is 19.3 Å². The Labute approximate surface area is 127 Å². The van der Waals surface area contributed by atoms with Crippen LogP contribution in [-0.4, -0.2) is 46.6 Å². The molecule has 22 heavy (non-hydrogen) atoms. The molecule has 2 fully saturated rings. The van der Waals surface area contributed by atoms with Gasteiger partial charge < -0.3 is 14.7 Å². The third kappa shape index (κ3) is 2.89. The van der Waals surface area contributed by atoms with Crippen molar-refractivity contribution >= 4 is 11.6 Å². The van der Waals surface area contributed by atoms with Crippen LogP contribution in [0.4, 0.5) is 5.69 Å². The minimum Gasteiger partial charge on any atom is -0.502 e. The van der Waals surface area contributed by atoms with Crippen LogP contribution in [0.1, 0.15) is 29.6 Å². The number of carbonyl (C=O) groups excluding carboxylic acids is 1. The number of carbonyl (C=O) groups is 1. The molecule has 1 saturated heterocycles. The lowest BCUT2D eigenvalue weighted by molar-refractivity contribution is -0.385. The van der Waals surface area contributed by atoms with E-state index in [2.05, 4.69) is 0 Å². The molecule has 7 nitrogen and oxygen atoms in total. The Morgan fingerprint density at radius 3 is 2.77 bits per heavy atom. The van der Waals surface area contributed by atoms with E-state index in [1.807, 2.05) is 0 Å². The highest BCUT2D eigenvalue weighted by Gasteiger charge is 2.36. The molecule has 0 aromatic heterocycles. The lowest BCUT2D eigenvalue weighted by Gasteiger charge is -2.25. The number of aromatic hydroxyl groups is 1. The number of para-hydroxylation sites is 1. The fourth-order valence-electron chi connectivity index (χ4n) is 2.80. The number of rotatable bonds is 5. The summed E-state index contributed by atoms with van der Waals surface area (Å²) >= 11 is 0. The SMILES string of the molecule is O=C(c1cccc([N+](=O)[O-])c1O)N(C[C@H]1CCOC1)C1CC1. The topological polar surface area (TPSA) is 92.9 Å². The number of phenolic OH excluding ortho intramolecular Hbond substituents is 1. The van der Waals surface area contributed by atoms with Crippen molar-refractivity contribution in [3.05, 3.63) is 33.9 Å². The van der Waals surface area contributed by atoms with Gasteiger partial charge in [-0.15, -0.1) is 0 Å². The van der Waals surface area contributed by atoms with E-state index >= 15 is 0 Å². The van der Waals surface area contributed by atoms with E-state index < -0.39 is 16.4 Å². The summed E-state index contributed by atoms with van der Waals surface area (Å²) in [6.45, 7) is 1.92. The van der Waals surface area contributed by atoms with Crippen molar-refractivity contribution in [1.82, 2.24) is 4.90 Å². The van der Waals surface area contributed by atoms with Gasteiger partial charge in [0.15, 0.2) is 0 Å². The van der Waals surface area contributed by atoms with Gasteiger partial charge >= 0.3 is 5.69 Å². The van der Waals surface area contributed by atoms with Crippen LogP contribution < -0.4 is 0 Å². The summed E-state index contributed by atoms with van der Waals surface area (Å²) < 4.78 is 5.34. The van der Waals surface area contributed by atoms with E-state index in [1.54, 1.807) is 4.90 Å². The molecule has 1 amide bonds. The van der Waals surface area contributed by atoms with Crippen LogP contribution >= 0.6 is 0 Å². The normalized spacial score (nSPS) is 20.8. The molecule has 1 atom stereocenters. The highest BCUT2D eigenvalue weighted by atomic mass is 16.6. The first-order valence-electron chi connectivity index (χ1n) is 7.43. The van der Waals surface area contributed by atoms with Crippen LogP contribution in [0.25, 0.3) is 0 Å². The summed E-state index contributed by atoms with van der Waals surface area (Å²) in [6, 6.07) is 4.23. The Morgan fingerprint density at radius 2 is 2.18 bits per heavy atom. The predicted molar refractivity (Wildman–Crippen MR) is 77.7 cm³/mol. The number of nitro groups is 1. The summed E-state index contributed by atoms with van der Waals surface area (Å²) in [6.07, 6.45) is 2.79. The molecule has 1 heterocycles. The monoisotopic (exact) mass is 306 g/mol. The number of hydrogen-bond acceptors (Lipinski definition) is 5. The van der Waals surface area contributed by atoms with Crippen molar-refractivity contribution in [3.8, 4) is 5.75 Å². The van der Waals surface area contributed by atoms with Crippen LogP contribution in [0.5, 0.6) is 5.75 Å².